The molecule has 2 saturated carbocycles. The van der Waals surface area contributed by atoms with Crippen molar-refractivity contribution >= 4 is 23.3 Å². The van der Waals surface area contributed by atoms with E-state index in [0.717, 1.165) is 91.7 Å². The number of aliphatic carboxylic acids is 1. The summed E-state index contributed by atoms with van der Waals surface area (Å²) in [7, 11) is 0. The highest BCUT2D eigenvalue weighted by Crippen LogP contribution is 2.34. The SMILES string of the molecule is C.N[C@H](CN1CCC1)[C@H](O)c1ccc(OC2CC2)c(F)c1.O=C(N[C@H](CN1CCC1)[C@H](O)c1ccc(OC2CC2)c(F)c1)C1=NOCc2cc(-c3ccc(F)cc3)ccc21.O=C(O)C1=NOCc2cc(-c3ccc(F)cc3)ccc21. The number of amides is 1. The number of halogens is 4. The molecule has 80 heavy (non-hydrogen) atoms. The maximum absolute atomic E-state index is 14.7. The first-order valence-corrected chi connectivity index (χ1v) is 26.4. The standard InChI is InChI=1S/C30H29F2N3O4.C15H21FN2O2.C15H10FNO3.CH4/c31-22-6-2-18(3-7-22)19-4-10-24-21(14-19)17-38-34-28(24)30(37)33-26(16-35-12-1-13-35)29(36)20-5-11-27(25(32)15-20)39-23-8-9-23;16-12-8-10(2-5-14(12)20-11-3-4-11)15(19)13(17)9-18-6-1-7-18;16-12-4-1-9(2-5-12)10-3-6-13-11(7-10)8-20-17-14(13)15(18)19;/h2-7,10-11,14-15,23,26,29,36H,1,8-9,12-13,16-17H2,(H,33,37);2,5,8,11,13,15,19H,1,3-4,6-7,9,17H2;1-7H,8H2,(H,18,19);1H4/t26-,29-;13-,15-;;/m11../s1. The number of fused-ring (bicyclic) bond motifs is 2. The van der Waals surface area contributed by atoms with Gasteiger partial charge in [0.05, 0.1) is 24.4 Å². The first-order valence-electron chi connectivity index (χ1n) is 26.4. The highest BCUT2D eigenvalue weighted by atomic mass is 19.1. The highest BCUT2D eigenvalue weighted by molar-refractivity contribution is 6.45. The van der Waals surface area contributed by atoms with E-state index in [0.29, 0.717) is 35.3 Å². The van der Waals surface area contributed by atoms with Crippen LogP contribution in [0.4, 0.5) is 17.6 Å². The summed E-state index contributed by atoms with van der Waals surface area (Å²) in [5.74, 6) is -2.76. The maximum Gasteiger partial charge on any atom is 0.358 e. The van der Waals surface area contributed by atoms with Crippen LogP contribution in [0.5, 0.6) is 11.5 Å². The Hall–Kier alpha value is -7.68. The Morgan fingerprint density at radius 2 is 1.04 bits per heavy atom. The van der Waals surface area contributed by atoms with Crippen molar-refractivity contribution in [2.24, 2.45) is 16.0 Å². The summed E-state index contributed by atoms with van der Waals surface area (Å²) in [5, 5.41) is 41.0. The van der Waals surface area contributed by atoms with Crippen LogP contribution in [0.25, 0.3) is 22.3 Å². The van der Waals surface area contributed by atoms with Crippen LogP contribution in [0.1, 0.15) is 91.5 Å². The van der Waals surface area contributed by atoms with Gasteiger partial charge in [-0.3, -0.25) is 4.79 Å². The van der Waals surface area contributed by atoms with Gasteiger partial charge in [-0.05, 0) is 159 Å². The first kappa shape index (κ1) is 57.0. The third-order valence-corrected chi connectivity index (χ3v) is 14.4. The third kappa shape index (κ3) is 14.2. The second-order valence-electron chi connectivity index (χ2n) is 20.4. The van der Waals surface area contributed by atoms with Crippen molar-refractivity contribution in [1.29, 1.82) is 0 Å². The van der Waals surface area contributed by atoms with Gasteiger partial charge in [-0.25, -0.2) is 22.4 Å². The van der Waals surface area contributed by atoms with Crippen molar-refractivity contribution in [3.8, 4) is 33.8 Å². The normalized spacial score (nSPS) is 17.7. The largest absolute Gasteiger partial charge is 0.487 e. The fourth-order valence-electron chi connectivity index (χ4n) is 9.35. The molecule has 420 valence electrons. The van der Waals surface area contributed by atoms with E-state index in [1.807, 2.05) is 18.2 Å². The molecular formula is C61H64F4N6O9. The average molecular weight is 1100 g/mol. The molecule has 0 unspecified atom stereocenters. The Kier molecular flexibility index (Phi) is 18.3. The number of benzene rings is 6. The minimum absolute atomic E-state index is 0. The Balaban J connectivity index is 0.000000159. The molecule has 4 atom stereocenters. The van der Waals surface area contributed by atoms with Crippen molar-refractivity contribution in [3.63, 3.8) is 0 Å². The van der Waals surface area contributed by atoms with E-state index in [9.17, 15) is 37.4 Å². The zero-order valence-electron chi connectivity index (χ0n) is 43.1. The number of hydrogen-bond acceptors (Lipinski definition) is 13. The fourth-order valence-corrected chi connectivity index (χ4v) is 9.35. The number of carboxylic acid groups (broad SMARTS) is 1. The molecule has 0 bridgehead atoms. The lowest BCUT2D eigenvalue weighted by atomic mass is 9.95. The average Bonchev–Trinajstić information content (AvgIpc) is 4.41. The van der Waals surface area contributed by atoms with Crippen molar-refractivity contribution in [2.75, 3.05) is 39.3 Å². The van der Waals surface area contributed by atoms with Gasteiger partial charge >= 0.3 is 5.97 Å². The Bertz CT molecular complexity index is 3220. The van der Waals surface area contributed by atoms with Gasteiger partial charge in [-0.1, -0.05) is 78.4 Å². The molecule has 4 heterocycles. The number of nitrogens with zero attached hydrogens (tertiary/aromatic N) is 4. The van der Waals surface area contributed by atoms with Crippen LogP contribution >= 0.6 is 0 Å². The molecule has 15 nitrogen and oxygen atoms in total. The number of hydrogen-bond donors (Lipinski definition) is 5. The molecule has 6 aromatic carbocycles. The topological polar surface area (TPSA) is 201 Å². The quantitative estimate of drug-likeness (QED) is 0.0543. The van der Waals surface area contributed by atoms with E-state index in [-0.39, 0.29) is 67.4 Å². The van der Waals surface area contributed by atoms with Crippen LogP contribution in [0.15, 0.2) is 132 Å². The van der Waals surface area contributed by atoms with E-state index >= 15 is 0 Å². The summed E-state index contributed by atoms with van der Waals surface area (Å²) in [6.07, 6.45) is 4.26. The monoisotopic (exact) mass is 1100 g/mol. The highest BCUT2D eigenvalue weighted by Gasteiger charge is 2.33. The smallest absolute Gasteiger partial charge is 0.358 e. The van der Waals surface area contributed by atoms with Gasteiger partial charge in [0, 0.05) is 41.4 Å². The van der Waals surface area contributed by atoms with E-state index in [4.69, 9.17) is 30.0 Å². The van der Waals surface area contributed by atoms with Crippen LogP contribution in [0, 0.1) is 23.3 Å². The molecule has 19 heteroatoms. The van der Waals surface area contributed by atoms with Crippen LogP contribution in [-0.2, 0) is 32.5 Å². The minimum atomic E-state index is -1.15. The van der Waals surface area contributed by atoms with Gasteiger partial charge in [0.15, 0.2) is 34.6 Å². The molecular weight excluding hydrogens is 1040 g/mol. The molecule has 6 aromatic rings. The first-order chi connectivity index (χ1) is 38.2. The van der Waals surface area contributed by atoms with Crippen molar-refractivity contribution in [3.05, 3.63) is 178 Å². The number of likely N-dealkylation sites (tertiary alicyclic amines) is 2. The van der Waals surface area contributed by atoms with Crippen molar-refractivity contribution < 1.29 is 61.6 Å². The van der Waals surface area contributed by atoms with Crippen LogP contribution < -0.4 is 20.5 Å². The van der Waals surface area contributed by atoms with Gasteiger partial charge in [-0.15, -0.1) is 0 Å². The molecule has 0 radical (unpaired) electrons. The molecule has 4 aliphatic heterocycles. The van der Waals surface area contributed by atoms with Gasteiger partial charge in [0.2, 0.25) is 0 Å². The zero-order chi connectivity index (χ0) is 55.2. The molecule has 2 saturated heterocycles. The lowest BCUT2D eigenvalue weighted by Crippen LogP contribution is -2.52. The minimum Gasteiger partial charge on any atom is -0.487 e. The Morgan fingerprint density at radius 1 is 0.600 bits per heavy atom. The van der Waals surface area contributed by atoms with Gasteiger partial charge in [0.1, 0.15) is 31.0 Å². The summed E-state index contributed by atoms with van der Waals surface area (Å²) in [5.41, 5.74) is 13.0. The van der Waals surface area contributed by atoms with Crippen LogP contribution in [0.3, 0.4) is 0 Å². The molecule has 12 rings (SSSR count). The summed E-state index contributed by atoms with van der Waals surface area (Å²) in [4.78, 5) is 39.1. The predicted molar refractivity (Wildman–Crippen MR) is 293 cm³/mol. The molecule has 0 aromatic heterocycles. The van der Waals surface area contributed by atoms with Gasteiger partial charge in [-0.2, -0.15) is 0 Å². The number of oxime groups is 2. The number of aliphatic hydroxyl groups excluding tert-OH is 2. The Morgan fingerprint density at radius 3 is 1.48 bits per heavy atom. The zero-order valence-corrected chi connectivity index (χ0v) is 43.1. The van der Waals surface area contributed by atoms with E-state index in [1.54, 1.807) is 60.7 Å². The third-order valence-electron chi connectivity index (χ3n) is 14.4. The number of aliphatic hydroxyl groups is 2. The number of carboxylic acids is 1. The number of nitrogens with one attached hydrogen (secondary N) is 1. The number of ether oxygens (including phenoxy) is 2. The molecule has 2 aliphatic carbocycles. The number of carbonyl (C=O) groups is 2. The summed E-state index contributed by atoms with van der Waals surface area (Å²) >= 11 is 0. The van der Waals surface area contributed by atoms with E-state index in [1.165, 1.54) is 48.9 Å². The number of nitrogens with two attached hydrogens (primary N) is 1. The molecule has 6 aliphatic rings. The lowest BCUT2D eigenvalue weighted by Gasteiger charge is -2.36. The summed E-state index contributed by atoms with van der Waals surface area (Å²) in [6, 6.07) is 31.1. The Labute approximate surface area is 461 Å². The molecule has 0 spiro atoms. The molecule has 1 amide bonds. The van der Waals surface area contributed by atoms with Gasteiger partial charge in [0.25, 0.3) is 5.91 Å². The van der Waals surface area contributed by atoms with Crippen molar-refractivity contribution in [2.45, 2.75) is 95.7 Å². The van der Waals surface area contributed by atoms with Crippen LogP contribution in [0.2, 0.25) is 0 Å². The molecule has 4 fully saturated rings. The number of rotatable bonds is 17. The van der Waals surface area contributed by atoms with Crippen LogP contribution in [-0.4, -0.2) is 112 Å². The van der Waals surface area contributed by atoms with E-state index in [2.05, 4.69) is 25.4 Å². The fraction of sp³-hybridized carbons (Fsp3) is 0.344. The van der Waals surface area contributed by atoms with Crippen molar-refractivity contribution in [1.82, 2.24) is 15.1 Å². The summed E-state index contributed by atoms with van der Waals surface area (Å²) < 4.78 is 65.9. The predicted octanol–water partition coefficient (Wildman–Crippen LogP) is 9.21. The lowest BCUT2D eigenvalue weighted by molar-refractivity contribution is -0.129. The maximum atomic E-state index is 14.7. The second kappa shape index (κ2) is 25.6. The number of carbonyl (C=O) groups excluding carboxylic acids is 1. The van der Waals surface area contributed by atoms with Gasteiger partial charge < -0.3 is 55.3 Å². The summed E-state index contributed by atoms with van der Waals surface area (Å²) in [6.45, 7) is 5.24. The second-order valence-corrected chi connectivity index (χ2v) is 20.4. The molecule has 6 N–H and O–H groups in total. The van der Waals surface area contributed by atoms with E-state index < -0.39 is 47.8 Å².